The zero-order chi connectivity index (χ0) is 25.7. The van der Waals surface area contributed by atoms with E-state index in [1.54, 1.807) is 10.6 Å². The maximum absolute atomic E-state index is 9.62. The highest BCUT2D eigenvalue weighted by atomic mass is 35.5. The number of urea groups is 4. The molecule has 0 aromatic heterocycles. The van der Waals surface area contributed by atoms with Crippen LogP contribution in [0.5, 0.6) is 0 Å². The first kappa shape index (κ1) is 24.8. The summed E-state index contributed by atoms with van der Waals surface area (Å²) in [6.07, 6.45) is 0. The van der Waals surface area contributed by atoms with Gasteiger partial charge >= 0.3 is 24.1 Å². The summed E-state index contributed by atoms with van der Waals surface area (Å²) in [4.78, 5) is 38.5. The summed E-state index contributed by atoms with van der Waals surface area (Å²) in [6, 6.07) is 19.8. The first-order valence-electron chi connectivity index (χ1n) is 10.1. The number of halogens is 1. The molecular weight excluding hydrogens is 472 g/mol. The molecule has 0 aliphatic heterocycles. The van der Waals surface area contributed by atoms with Crippen LogP contribution in [0.4, 0.5) is 19.2 Å². The monoisotopic (exact) mass is 492 g/mol. The first-order valence-corrected chi connectivity index (χ1v) is 10.4. The van der Waals surface area contributed by atoms with E-state index in [0.29, 0.717) is 0 Å². The number of amides is 8. The van der Waals surface area contributed by atoms with Crippen LogP contribution >= 0.6 is 11.6 Å². The molecule has 0 saturated heterocycles. The lowest BCUT2D eigenvalue weighted by molar-refractivity contribution is 0.235. The van der Waals surface area contributed by atoms with Crippen molar-refractivity contribution in [3.05, 3.63) is 71.8 Å². The summed E-state index contributed by atoms with van der Waals surface area (Å²) in [5.74, 6) is 0. The number of nitrogens with one attached hydrogen (secondary N) is 2. The van der Waals surface area contributed by atoms with Crippen LogP contribution < -0.4 is 33.6 Å². The molecule has 0 aliphatic rings. The van der Waals surface area contributed by atoms with Gasteiger partial charge in [-0.1, -0.05) is 72.3 Å². The van der Waals surface area contributed by atoms with Crippen LogP contribution in [-0.2, 0) is 0 Å². The number of benzene rings is 5. The third kappa shape index (κ3) is 5.57. The molecule has 10 nitrogen and oxygen atoms in total. The second-order valence-corrected chi connectivity index (χ2v) is 7.65. The average Bonchev–Trinajstić information content (AvgIpc) is 2.77. The molecule has 5 rings (SSSR count). The third-order valence-corrected chi connectivity index (χ3v) is 5.27. The summed E-state index contributed by atoms with van der Waals surface area (Å²) >= 11 is 6.56. The minimum Gasteiger partial charge on any atom is -0.351 e. The smallest absolute Gasteiger partial charge is 0.320 e. The number of primary amides is 4. The Balaban J connectivity index is 0.000000205. The Kier molecular flexibility index (Phi) is 7.37. The SMILES string of the molecule is Clc1ccc2cccc3c4cccc5cccc(c1c23)c54.NC(=O)NC(N)=O.NC(=O)NC(N)=O. The highest BCUT2D eigenvalue weighted by molar-refractivity contribution is 6.43. The van der Waals surface area contributed by atoms with Crippen LogP contribution in [-0.4, -0.2) is 24.1 Å². The van der Waals surface area contributed by atoms with Gasteiger partial charge in [0.1, 0.15) is 0 Å². The summed E-state index contributed by atoms with van der Waals surface area (Å²) in [6.45, 7) is 0. The molecule has 0 aliphatic carbocycles. The van der Waals surface area contributed by atoms with E-state index in [4.69, 9.17) is 11.6 Å². The van der Waals surface area contributed by atoms with Gasteiger partial charge < -0.3 is 22.9 Å². The number of carbonyl (C=O) groups is 4. The van der Waals surface area contributed by atoms with Crippen LogP contribution in [0.2, 0.25) is 5.02 Å². The van der Waals surface area contributed by atoms with E-state index in [9.17, 15) is 19.2 Å². The standard InChI is InChI=1S/C20H11Cl.2C2H5N3O2/c21-17-11-10-13-6-2-8-15-14-7-1-4-12-5-3-9-16(18(12)14)20(17)19(13)15;2*3-1(6)5-2(4)7/h1-11H;2*(H5,3,4,5,6,7). The summed E-state index contributed by atoms with van der Waals surface area (Å²) < 4.78 is 0. The first-order chi connectivity index (χ1) is 16.6. The zero-order valence-corrected chi connectivity index (χ0v) is 18.9. The Morgan fingerprint density at radius 2 is 0.914 bits per heavy atom. The van der Waals surface area contributed by atoms with Crippen molar-refractivity contribution in [1.29, 1.82) is 0 Å². The van der Waals surface area contributed by atoms with Gasteiger partial charge in [0.15, 0.2) is 0 Å². The van der Waals surface area contributed by atoms with Gasteiger partial charge in [-0.2, -0.15) is 0 Å². The maximum Gasteiger partial charge on any atom is 0.320 e. The minimum absolute atomic E-state index is 0.831. The highest BCUT2D eigenvalue weighted by Crippen LogP contribution is 2.42. The molecule has 35 heavy (non-hydrogen) atoms. The Bertz CT molecular complexity index is 1530. The largest absolute Gasteiger partial charge is 0.351 e. The number of nitrogens with two attached hydrogens (primary N) is 4. The Labute approximate surface area is 203 Å². The summed E-state index contributed by atoms with van der Waals surface area (Å²) in [7, 11) is 0. The van der Waals surface area contributed by atoms with Crippen LogP contribution in [0, 0.1) is 0 Å². The van der Waals surface area contributed by atoms with Gasteiger partial charge in [-0.05, 0) is 43.8 Å². The van der Waals surface area contributed by atoms with Gasteiger partial charge in [0, 0.05) is 10.4 Å². The van der Waals surface area contributed by atoms with Gasteiger partial charge in [-0.3, -0.25) is 10.6 Å². The van der Waals surface area contributed by atoms with E-state index in [0.717, 1.165) is 5.02 Å². The molecule has 0 unspecified atom stereocenters. The van der Waals surface area contributed by atoms with E-state index in [1.807, 2.05) is 6.07 Å². The fourth-order valence-corrected chi connectivity index (χ4v) is 4.12. The molecule has 5 aromatic carbocycles. The quantitative estimate of drug-likeness (QED) is 0.141. The Morgan fingerprint density at radius 1 is 0.514 bits per heavy atom. The van der Waals surface area contributed by atoms with Crippen molar-refractivity contribution in [2.75, 3.05) is 0 Å². The topological polar surface area (TPSA) is 196 Å². The van der Waals surface area contributed by atoms with Gasteiger partial charge in [0.25, 0.3) is 0 Å². The molecule has 8 amide bonds. The lowest BCUT2D eigenvalue weighted by atomic mass is 9.90. The molecule has 0 atom stereocenters. The Morgan fingerprint density at radius 3 is 1.34 bits per heavy atom. The number of rotatable bonds is 0. The zero-order valence-electron chi connectivity index (χ0n) is 18.2. The number of hydrogen-bond donors (Lipinski definition) is 6. The van der Waals surface area contributed by atoms with Gasteiger partial charge in [-0.15, -0.1) is 0 Å². The molecular formula is C24H21ClN6O4. The van der Waals surface area contributed by atoms with E-state index in [1.165, 1.54) is 43.1 Å². The maximum atomic E-state index is 9.62. The van der Waals surface area contributed by atoms with Gasteiger partial charge in [0.05, 0.1) is 0 Å². The van der Waals surface area contributed by atoms with Gasteiger partial charge in [-0.25, -0.2) is 19.2 Å². The molecule has 0 spiro atoms. The van der Waals surface area contributed by atoms with Crippen molar-refractivity contribution in [3.63, 3.8) is 0 Å². The molecule has 178 valence electrons. The molecule has 5 aromatic rings. The average molecular weight is 493 g/mol. The number of fused-ring (bicyclic) bond motifs is 2. The van der Waals surface area contributed by atoms with E-state index < -0.39 is 24.1 Å². The third-order valence-electron chi connectivity index (χ3n) is 4.95. The fourth-order valence-electron chi connectivity index (χ4n) is 3.86. The number of carbonyl (C=O) groups excluding carboxylic acids is 4. The summed E-state index contributed by atoms with van der Waals surface area (Å²) in [5, 5.41) is 14.1. The minimum atomic E-state index is -0.938. The second-order valence-electron chi connectivity index (χ2n) is 7.24. The van der Waals surface area contributed by atoms with Crippen molar-refractivity contribution < 1.29 is 19.2 Å². The number of hydrogen-bond acceptors (Lipinski definition) is 4. The molecule has 0 fully saturated rings. The lowest BCUT2D eigenvalue weighted by Gasteiger charge is -2.14. The lowest BCUT2D eigenvalue weighted by Crippen LogP contribution is -2.38. The predicted molar refractivity (Wildman–Crippen MR) is 137 cm³/mol. The molecule has 0 bridgehead atoms. The van der Waals surface area contributed by atoms with Crippen LogP contribution in [0.25, 0.3) is 43.1 Å². The fraction of sp³-hybridized carbons (Fsp3) is 0. The van der Waals surface area contributed by atoms with E-state index >= 15 is 0 Å². The molecule has 11 heteroatoms. The number of imide groups is 2. The van der Waals surface area contributed by atoms with Crippen molar-refractivity contribution in [3.8, 4) is 0 Å². The van der Waals surface area contributed by atoms with Crippen LogP contribution in [0.15, 0.2) is 66.7 Å². The molecule has 0 saturated carbocycles. The summed E-state index contributed by atoms with van der Waals surface area (Å²) in [5.41, 5.74) is 17.8. The second kappa shape index (κ2) is 10.4. The molecule has 10 N–H and O–H groups in total. The normalized spacial score (nSPS) is 10.2. The van der Waals surface area contributed by atoms with Crippen molar-refractivity contribution >= 4 is 78.8 Å². The van der Waals surface area contributed by atoms with Crippen molar-refractivity contribution in [1.82, 2.24) is 10.6 Å². The Hall–Kier alpha value is -4.83. The molecule has 0 heterocycles. The van der Waals surface area contributed by atoms with E-state index in [-0.39, 0.29) is 0 Å². The highest BCUT2D eigenvalue weighted by Gasteiger charge is 2.14. The van der Waals surface area contributed by atoms with Crippen LogP contribution in [0.1, 0.15) is 0 Å². The van der Waals surface area contributed by atoms with E-state index in [2.05, 4.69) is 83.6 Å². The van der Waals surface area contributed by atoms with Crippen molar-refractivity contribution in [2.45, 2.75) is 0 Å². The van der Waals surface area contributed by atoms with Crippen molar-refractivity contribution in [2.24, 2.45) is 22.9 Å². The van der Waals surface area contributed by atoms with Crippen LogP contribution in [0.3, 0.4) is 0 Å². The predicted octanol–water partition coefficient (Wildman–Crippen LogP) is 3.86. The van der Waals surface area contributed by atoms with Gasteiger partial charge in [0.2, 0.25) is 0 Å². The molecule has 0 radical (unpaired) electrons.